The lowest BCUT2D eigenvalue weighted by Crippen LogP contribution is -2.44. The largest absolute Gasteiger partial charge is 0.459 e. The van der Waals surface area contributed by atoms with Gasteiger partial charge in [-0.15, -0.1) is 0 Å². The van der Waals surface area contributed by atoms with Crippen LogP contribution in [0.15, 0.2) is 0 Å². The van der Waals surface area contributed by atoms with Gasteiger partial charge in [-0.25, -0.2) is 0 Å². The lowest BCUT2D eigenvalue weighted by atomic mass is 9.83. The first-order valence-corrected chi connectivity index (χ1v) is 5.80. The van der Waals surface area contributed by atoms with Crippen LogP contribution >= 0.6 is 0 Å². The molecule has 1 fully saturated rings. The van der Waals surface area contributed by atoms with Crippen molar-refractivity contribution in [2.45, 2.75) is 58.1 Å². The number of esters is 1. The topological polar surface area (TPSA) is 69.4 Å². The summed E-state index contributed by atoms with van der Waals surface area (Å²) in [5, 5.41) is 0. The first-order chi connectivity index (χ1) is 7.29. The van der Waals surface area contributed by atoms with Crippen molar-refractivity contribution in [3.8, 4) is 0 Å². The molecule has 1 aliphatic carbocycles. The second-order valence-corrected chi connectivity index (χ2v) is 5.45. The minimum absolute atomic E-state index is 0.0453. The molecule has 1 saturated carbocycles. The molecule has 4 nitrogen and oxygen atoms in total. The lowest BCUT2D eigenvalue weighted by Gasteiger charge is -2.28. The Balaban J connectivity index is 2.53. The number of rotatable bonds is 2. The first kappa shape index (κ1) is 13.2. The molecule has 92 valence electrons. The maximum absolute atomic E-state index is 11.7. The zero-order valence-corrected chi connectivity index (χ0v) is 10.3. The normalized spacial score (nSPS) is 24.0. The zero-order chi connectivity index (χ0) is 12.3. The number of carbonyl (C=O) groups excluding carboxylic acids is 2. The van der Waals surface area contributed by atoms with E-state index in [1.165, 1.54) is 0 Å². The van der Waals surface area contributed by atoms with E-state index in [0.717, 1.165) is 12.8 Å². The number of ether oxygens (including phenoxy) is 1. The van der Waals surface area contributed by atoms with E-state index in [9.17, 15) is 9.59 Å². The Kier molecular flexibility index (Phi) is 4.08. The predicted octanol–water partition coefficient (Wildman–Crippen LogP) is 1.41. The van der Waals surface area contributed by atoms with Crippen molar-refractivity contribution in [2.24, 2.45) is 11.7 Å². The summed E-state index contributed by atoms with van der Waals surface area (Å²) in [5.74, 6) is -0.237. The van der Waals surface area contributed by atoms with Crippen molar-refractivity contribution >= 4 is 11.8 Å². The van der Waals surface area contributed by atoms with Gasteiger partial charge in [0.05, 0.1) is 0 Å². The van der Waals surface area contributed by atoms with Crippen LogP contribution in [0.5, 0.6) is 0 Å². The summed E-state index contributed by atoms with van der Waals surface area (Å²) >= 11 is 0. The number of ketones is 1. The van der Waals surface area contributed by atoms with Crippen molar-refractivity contribution < 1.29 is 14.3 Å². The van der Waals surface area contributed by atoms with Crippen molar-refractivity contribution in [3.63, 3.8) is 0 Å². The van der Waals surface area contributed by atoms with Crippen LogP contribution < -0.4 is 5.73 Å². The first-order valence-electron chi connectivity index (χ1n) is 5.80. The van der Waals surface area contributed by atoms with Crippen molar-refractivity contribution in [1.29, 1.82) is 0 Å². The highest BCUT2D eigenvalue weighted by atomic mass is 16.6. The third-order valence-corrected chi connectivity index (χ3v) is 2.71. The summed E-state index contributed by atoms with van der Waals surface area (Å²) in [6.07, 6.45) is 2.71. The Morgan fingerprint density at radius 1 is 1.50 bits per heavy atom. The fourth-order valence-corrected chi connectivity index (χ4v) is 1.93. The van der Waals surface area contributed by atoms with Crippen LogP contribution in [0.2, 0.25) is 0 Å². The van der Waals surface area contributed by atoms with Gasteiger partial charge >= 0.3 is 5.97 Å². The summed E-state index contributed by atoms with van der Waals surface area (Å²) in [6.45, 7) is 5.43. The molecular formula is C12H21NO3. The van der Waals surface area contributed by atoms with Gasteiger partial charge in [0.1, 0.15) is 17.4 Å². The fraction of sp³-hybridized carbons (Fsp3) is 0.833. The van der Waals surface area contributed by atoms with E-state index in [1.807, 2.05) is 20.8 Å². The van der Waals surface area contributed by atoms with E-state index in [0.29, 0.717) is 12.8 Å². The smallest absolute Gasteiger partial charge is 0.323 e. The molecule has 0 saturated heterocycles. The molecule has 1 aliphatic rings. The van der Waals surface area contributed by atoms with Crippen LogP contribution in [0.4, 0.5) is 0 Å². The van der Waals surface area contributed by atoms with Gasteiger partial charge in [-0.3, -0.25) is 9.59 Å². The second-order valence-electron chi connectivity index (χ2n) is 5.45. The molecule has 2 atom stereocenters. The summed E-state index contributed by atoms with van der Waals surface area (Å²) in [7, 11) is 0. The zero-order valence-electron chi connectivity index (χ0n) is 10.3. The van der Waals surface area contributed by atoms with E-state index < -0.39 is 17.6 Å². The van der Waals surface area contributed by atoms with Gasteiger partial charge in [-0.2, -0.15) is 0 Å². The van der Waals surface area contributed by atoms with Crippen LogP contribution in [-0.4, -0.2) is 23.4 Å². The van der Waals surface area contributed by atoms with E-state index in [2.05, 4.69) is 0 Å². The average Bonchev–Trinajstić information content (AvgIpc) is 2.14. The van der Waals surface area contributed by atoms with Gasteiger partial charge in [-0.05, 0) is 39.5 Å². The molecule has 4 heteroatoms. The molecule has 0 amide bonds. The summed E-state index contributed by atoms with van der Waals surface area (Å²) in [5.41, 5.74) is 5.31. The SMILES string of the molecule is CC(C)(C)OC(=O)C(N)C1CCCC(=O)C1. The van der Waals surface area contributed by atoms with Crippen molar-refractivity contribution in [1.82, 2.24) is 0 Å². The summed E-state index contributed by atoms with van der Waals surface area (Å²) in [6, 6.07) is -0.663. The lowest BCUT2D eigenvalue weighted by molar-refractivity contribution is -0.158. The summed E-state index contributed by atoms with van der Waals surface area (Å²) < 4.78 is 5.21. The molecule has 2 unspecified atom stereocenters. The molecule has 0 aromatic heterocycles. The number of Topliss-reactive ketones (excluding diaryl/α,β-unsaturated/α-hetero) is 1. The molecule has 1 rings (SSSR count). The van der Waals surface area contributed by atoms with Gasteiger partial charge in [0.2, 0.25) is 0 Å². The van der Waals surface area contributed by atoms with E-state index in [-0.39, 0.29) is 11.7 Å². The fourth-order valence-electron chi connectivity index (χ4n) is 1.93. The van der Waals surface area contributed by atoms with Crippen molar-refractivity contribution in [3.05, 3.63) is 0 Å². The average molecular weight is 227 g/mol. The number of hydrogen-bond donors (Lipinski definition) is 1. The summed E-state index contributed by atoms with van der Waals surface area (Å²) in [4.78, 5) is 23.0. The van der Waals surface area contributed by atoms with Crippen molar-refractivity contribution in [2.75, 3.05) is 0 Å². The Hall–Kier alpha value is -0.900. The van der Waals surface area contributed by atoms with Crippen LogP contribution in [-0.2, 0) is 14.3 Å². The maximum atomic E-state index is 11.7. The van der Waals surface area contributed by atoms with E-state index in [4.69, 9.17) is 10.5 Å². The molecule has 2 N–H and O–H groups in total. The molecule has 0 heterocycles. The Morgan fingerprint density at radius 3 is 2.62 bits per heavy atom. The third kappa shape index (κ3) is 3.93. The van der Waals surface area contributed by atoms with Gasteiger partial charge in [0, 0.05) is 12.8 Å². The Morgan fingerprint density at radius 2 is 2.12 bits per heavy atom. The number of nitrogens with two attached hydrogens (primary N) is 1. The molecule has 0 aromatic rings. The molecule has 0 bridgehead atoms. The maximum Gasteiger partial charge on any atom is 0.323 e. The third-order valence-electron chi connectivity index (χ3n) is 2.71. The Labute approximate surface area is 96.5 Å². The van der Waals surface area contributed by atoms with Crippen LogP contribution in [0.1, 0.15) is 46.5 Å². The molecule has 0 aromatic carbocycles. The molecule has 0 spiro atoms. The Bertz CT molecular complexity index is 280. The van der Waals surface area contributed by atoms with Gasteiger partial charge in [-0.1, -0.05) is 0 Å². The van der Waals surface area contributed by atoms with Gasteiger partial charge in [0.15, 0.2) is 0 Å². The van der Waals surface area contributed by atoms with Crippen LogP contribution in [0, 0.1) is 5.92 Å². The molecular weight excluding hydrogens is 206 g/mol. The molecule has 16 heavy (non-hydrogen) atoms. The van der Waals surface area contributed by atoms with E-state index in [1.54, 1.807) is 0 Å². The highest BCUT2D eigenvalue weighted by Gasteiger charge is 2.32. The second kappa shape index (κ2) is 4.95. The predicted molar refractivity (Wildman–Crippen MR) is 60.8 cm³/mol. The highest BCUT2D eigenvalue weighted by molar-refractivity contribution is 5.82. The van der Waals surface area contributed by atoms with Crippen LogP contribution in [0.3, 0.4) is 0 Å². The highest BCUT2D eigenvalue weighted by Crippen LogP contribution is 2.24. The minimum Gasteiger partial charge on any atom is -0.459 e. The monoisotopic (exact) mass is 227 g/mol. The molecule has 0 radical (unpaired) electrons. The van der Waals surface area contributed by atoms with Gasteiger partial charge in [0.25, 0.3) is 0 Å². The quantitative estimate of drug-likeness (QED) is 0.724. The molecule has 0 aliphatic heterocycles. The standard InChI is InChI=1S/C12H21NO3/c1-12(2,3)16-11(15)10(13)8-5-4-6-9(14)7-8/h8,10H,4-7,13H2,1-3H3. The van der Waals surface area contributed by atoms with E-state index >= 15 is 0 Å². The number of carbonyl (C=O) groups is 2. The van der Waals surface area contributed by atoms with Crippen LogP contribution in [0.25, 0.3) is 0 Å². The minimum atomic E-state index is -0.663. The number of hydrogen-bond acceptors (Lipinski definition) is 4. The van der Waals surface area contributed by atoms with Gasteiger partial charge < -0.3 is 10.5 Å².